The number of benzene rings is 2. The summed E-state index contributed by atoms with van der Waals surface area (Å²) in [6.07, 6.45) is 8.05. The summed E-state index contributed by atoms with van der Waals surface area (Å²) in [5.74, 6) is 0.682. The molecule has 0 saturated carbocycles. The van der Waals surface area contributed by atoms with E-state index in [4.69, 9.17) is 0 Å². The highest BCUT2D eigenvalue weighted by Gasteiger charge is 2.32. The minimum atomic E-state index is 0.258. The number of nitrogens with one attached hydrogen (secondary N) is 1. The quantitative estimate of drug-likeness (QED) is 0.513. The maximum absolute atomic E-state index is 12.8. The van der Waals surface area contributed by atoms with Crippen molar-refractivity contribution in [2.75, 3.05) is 6.54 Å². The van der Waals surface area contributed by atoms with Gasteiger partial charge in [0.25, 0.3) is 0 Å². The Morgan fingerprint density at radius 2 is 2.00 bits per heavy atom. The molecular weight excluding hydrogens is 386 g/mol. The summed E-state index contributed by atoms with van der Waals surface area (Å²) < 4.78 is 2.09. The molecule has 0 bridgehead atoms. The number of hydrogen-bond acceptors (Lipinski definition) is 3. The Morgan fingerprint density at radius 3 is 2.81 bits per heavy atom. The molecule has 3 heterocycles. The van der Waals surface area contributed by atoms with Crippen molar-refractivity contribution >= 4 is 16.8 Å². The first-order valence-corrected chi connectivity index (χ1v) is 11.0. The maximum atomic E-state index is 12.8. The number of H-pyrrole nitrogens is 1. The molecule has 6 nitrogen and oxygen atoms in total. The normalized spacial score (nSPS) is 18.7. The molecular formula is C25H27N5O. The molecule has 2 aromatic heterocycles. The van der Waals surface area contributed by atoms with Crippen LogP contribution in [0.25, 0.3) is 22.0 Å². The number of aromatic nitrogens is 4. The van der Waals surface area contributed by atoms with Crippen molar-refractivity contribution in [2.45, 2.75) is 38.8 Å². The van der Waals surface area contributed by atoms with Crippen LogP contribution in [0.15, 0.2) is 67.1 Å². The van der Waals surface area contributed by atoms with Crippen LogP contribution in [0.5, 0.6) is 0 Å². The summed E-state index contributed by atoms with van der Waals surface area (Å²) >= 11 is 0. The van der Waals surface area contributed by atoms with Crippen LogP contribution in [0.1, 0.15) is 25.3 Å². The lowest BCUT2D eigenvalue weighted by atomic mass is 10.1. The Kier molecular flexibility index (Phi) is 5.28. The largest absolute Gasteiger partial charge is 0.340 e. The van der Waals surface area contributed by atoms with Gasteiger partial charge in [-0.3, -0.25) is 14.6 Å². The number of nitrogens with zero attached hydrogens (tertiary/aromatic N) is 4. The van der Waals surface area contributed by atoms with Gasteiger partial charge in [0.1, 0.15) is 0 Å². The van der Waals surface area contributed by atoms with Crippen molar-refractivity contribution in [2.24, 2.45) is 5.92 Å². The van der Waals surface area contributed by atoms with Gasteiger partial charge in [-0.15, -0.1) is 0 Å². The fourth-order valence-corrected chi connectivity index (χ4v) is 4.73. The van der Waals surface area contributed by atoms with Crippen LogP contribution in [-0.4, -0.2) is 43.4 Å². The van der Waals surface area contributed by atoms with E-state index in [0.717, 1.165) is 48.0 Å². The predicted octanol–water partition coefficient (Wildman–Crippen LogP) is 4.30. The highest BCUT2D eigenvalue weighted by molar-refractivity contribution is 5.84. The third kappa shape index (κ3) is 4.10. The molecule has 158 valence electrons. The van der Waals surface area contributed by atoms with Gasteiger partial charge in [0.05, 0.1) is 17.9 Å². The van der Waals surface area contributed by atoms with Crippen LogP contribution in [0, 0.1) is 5.92 Å². The number of fused-ring (bicyclic) bond motifs is 1. The Hall–Kier alpha value is -3.41. The topological polar surface area (TPSA) is 66.8 Å². The Labute approximate surface area is 181 Å². The number of amides is 1. The Bertz CT molecular complexity index is 1170. The van der Waals surface area contributed by atoms with Crippen molar-refractivity contribution in [1.82, 2.24) is 24.9 Å². The highest BCUT2D eigenvalue weighted by Crippen LogP contribution is 2.28. The minimum Gasteiger partial charge on any atom is -0.340 e. The molecule has 1 saturated heterocycles. The van der Waals surface area contributed by atoms with Crippen LogP contribution in [0.4, 0.5) is 0 Å². The molecule has 4 aromatic rings. The first-order valence-electron chi connectivity index (χ1n) is 11.0. The predicted molar refractivity (Wildman–Crippen MR) is 121 cm³/mol. The summed E-state index contributed by atoms with van der Waals surface area (Å²) in [6, 6.07) is 16.9. The molecule has 5 rings (SSSR count). The maximum Gasteiger partial charge on any atom is 0.223 e. The smallest absolute Gasteiger partial charge is 0.223 e. The number of rotatable bonds is 6. The molecule has 2 aromatic carbocycles. The molecule has 1 aliphatic heterocycles. The van der Waals surface area contributed by atoms with E-state index in [-0.39, 0.29) is 11.9 Å². The first kappa shape index (κ1) is 19.5. The Morgan fingerprint density at radius 1 is 1.13 bits per heavy atom. The van der Waals surface area contributed by atoms with Crippen molar-refractivity contribution < 1.29 is 4.79 Å². The summed E-state index contributed by atoms with van der Waals surface area (Å²) in [5, 5.41) is 12.7. The van der Waals surface area contributed by atoms with E-state index >= 15 is 0 Å². The van der Waals surface area contributed by atoms with Crippen LogP contribution in [0.3, 0.4) is 0 Å². The van der Waals surface area contributed by atoms with Gasteiger partial charge in [0.2, 0.25) is 5.91 Å². The van der Waals surface area contributed by atoms with Gasteiger partial charge in [-0.2, -0.15) is 10.2 Å². The van der Waals surface area contributed by atoms with Gasteiger partial charge in [-0.05, 0) is 48.9 Å². The fraction of sp³-hybridized carbons (Fsp3) is 0.320. The highest BCUT2D eigenvalue weighted by atomic mass is 16.2. The number of aromatic amines is 1. The lowest BCUT2D eigenvalue weighted by Gasteiger charge is -2.21. The number of hydrogen-bond donors (Lipinski definition) is 1. The van der Waals surface area contributed by atoms with Gasteiger partial charge in [0.15, 0.2) is 0 Å². The second-order valence-electron chi connectivity index (χ2n) is 8.57. The molecule has 0 aliphatic carbocycles. The molecule has 6 heteroatoms. The van der Waals surface area contributed by atoms with Crippen molar-refractivity contribution in [3.05, 3.63) is 72.7 Å². The SMILES string of the molecule is C[C@@H]1CC(Cn2ncc3cc(-c4cn[nH]c4)ccc32)CN1C(=O)CCc1ccccc1. The van der Waals surface area contributed by atoms with Crippen molar-refractivity contribution in [3.63, 3.8) is 0 Å². The zero-order valence-corrected chi connectivity index (χ0v) is 17.7. The van der Waals surface area contributed by atoms with Crippen LogP contribution in [0.2, 0.25) is 0 Å². The molecule has 1 amide bonds. The number of likely N-dealkylation sites (tertiary alicyclic amines) is 1. The lowest BCUT2D eigenvalue weighted by molar-refractivity contribution is -0.131. The number of carbonyl (C=O) groups excluding carboxylic acids is 1. The third-order valence-electron chi connectivity index (χ3n) is 6.36. The van der Waals surface area contributed by atoms with Gasteiger partial charge in [0, 0.05) is 42.7 Å². The first-order chi connectivity index (χ1) is 15.2. The van der Waals surface area contributed by atoms with E-state index in [1.165, 1.54) is 5.56 Å². The second kappa shape index (κ2) is 8.38. The van der Waals surface area contributed by atoms with Gasteiger partial charge < -0.3 is 4.90 Å². The molecule has 0 spiro atoms. The zero-order chi connectivity index (χ0) is 21.2. The molecule has 1 unspecified atom stereocenters. The Balaban J connectivity index is 1.23. The van der Waals surface area contributed by atoms with E-state index < -0.39 is 0 Å². The fourth-order valence-electron chi connectivity index (χ4n) is 4.73. The number of aryl methyl sites for hydroxylation is 1. The van der Waals surface area contributed by atoms with Crippen LogP contribution in [-0.2, 0) is 17.8 Å². The van der Waals surface area contributed by atoms with Crippen LogP contribution < -0.4 is 0 Å². The summed E-state index contributed by atoms with van der Waals surface area (Å²) in [6.45, 7) is 3.81. The van der Waals surface area contributed by atoms with Gasteiger partial charge in [-0.1, -0.05) is 36.4 Å². The van der Waals surface area contributed by atoms with Crippen molar-refractivity contribution in [1.29, 1.82) is 0 Å². The molecule has 2 atom stereocenters. The van der Waals surface area contributed by atoms with E-state index in [2.05, 4.69) is 62.1 Å². The van der Waals surface area contributed by atoms with E-state index in [0.29, 0.717) is 12.3 Å². The lowest BCUT2D eigenvalue weighted by Crippen LogP contribution is -2.34. The average molecular weight is 414 g/mol. The number of carbonyl (C=O) groups is 1. The molecule has 31 heavy (non-hydrogen) atoms. The second-order valence-corrected chi connectivity index (χ2v) is 8.57. The zero-order valence-electron chi connectivity index (χ0n) is 17.7. The summed E-state index contributed by atoms with van der Waals surface area (Å²) in [7, 11) is 0. The summed E-state index contributed by atoms with van der Waals surface area (Å²) in [5.41, 5.74) is 4.56. The van der Waals surface area contributed by atoms with Gasteiger partial charge in [-0.25, -0.2) is 0 Å². The molecule has 1 N–H and O–H groups in total. The average Bonchev–Trinajstić information content (AvgIpc) is 3.53. The minimum absolute atomic E-state index is 0.258. The monoisotopic (exact) mass is 413 g/mol. The summed E-state index contributed by atoms with van der Waals surface area (Å²) in [4.78, 5) is 14.9. The van der Waals surface area contributed by atoms with Crippen molar-refractivity contribution in [3.8, 4) is 11.1 Å². The standard InChI is InChI=1S/C25H27N5O/c1-18-11-20(16-29(18)25(31)10-7-19-5-3-2-4-6-19)17-30-24-9-8-21(12-22(24)15-28-30)23-13-26-27-14-23/h2-6,8-9,12-15,18,20H,7,10-11,16-17H2,1H3,(H,26,27)/t18-,20?/m1/s1. The molecule has 1 fully saturated rings. The van der Waals surface area contributed by atoms with E-state index in [9.17, 15) is 4.79 Å². The molecule has 0 radical (unpaired) electrons. The third-order valence-corrected chi connectivity index (χ3v) is 6.36. The van der Waals surface area contributed by atoms with E-state index in [1.54, 1.807) is 0 Å². The molecule has 1 aliphatic rings. The van der Waals surface area contributed by atoms with Crippen LogP contribution >= 0.6 is 0 Å². The van der Waals surface area contributed by atoms with Gasteiger partial charge >= 0.3 is 0 Å². The van der Waals surface area contributed by atoms with E-state index in [1.807, 2.05) is 36.8 Å².